The van der Waals surface area contributed by atoms with Crippen molar-refractivity contribution in [3.05, 3.63) is 64.4 Å². The van der Waals surface area contributed by atoms with Crippen LogP contribution in [0.15, 0.2) is 42.5 Å². The Bertz CT molecular complexity index is 678. The molecule has 1 heterocycles. The molecule has 23 heavy (non-hydrogen) atoms. The maximum atomic E-state index is 12.7. The van der Waals surface area contributed by atoms with Crippen LogP contribution in [0.4, 0.5) is 18.0 Å². The van der Waals surface area contributed by atoms with Gasteiger partial charge in [-0.3, -0.25) is 0 Å². The van der Waals surface area contributed by atoms with Gasteiger partial charge in [-0.1, -0.05) is 41.9 Å². The Balaban J connectivity index is 1.90. The van der Waals surface area contributed by atoms with Gasteiger partial charge in [0.05, 0.1) is 17.8 Å². The third kappa shape index (κ3) is 5.45. The maximum absolute atomic E-state index is 12.7. The predicted octanol–water partition coefficient (Wildman–Crippen LogP) is 4.18. The molecule has 2 rings (SSSR count). The van der Waals surface area contributed by atoms with E-state index in [1.165, 1.54) is 0 Å². The molecule has 8 heteroatoms. The van der Waals surface area contributed by atoms with E-state index in [1.54, 1.807) is 24.3 Å². The number of ether oxygens (including phenoxy) is 1. The number of carbonyl (C=O) groups excluding carboxylic acids is 1. The summed E-state index contributed by atoms with van der Waals surface area (Å²) in [4.78, 5) is 15.3. The van der Waals surface area contributed by atoms with Gasteiger partial charge < -0.3 is 10.1 Å². The lowest BCUT2D eigenvalue weighted by Crippen LogP contribution is -2.24. The number of benzene rings is 1. The minimum Gasteiger partial charge on any atom is -0.445 e. The van der Waals surface area contributed by atoms with Crippen LogP contribution in [0, 0.1) is 0 Å². The van der Waals surface area contributed by atoms with E-state index in [0.29, 0.717) is 0 Å². The zero-order valence-electron chi connectivity index (χ0n) is 11.7. The monoisotopic (exact) mass is 344 g/mol. The first-order valence-corrected chi connectivity index (χ1v) is 6.90. The summed E-state index contributed by atoms with van der Waals surface area (Å²) in [5.41, 5.74) is -0.142. The van der Waals surface area contributed by atoms with Gasteiger partial charge in [0.15, 0.2) is 0 Å². The number of pyridine rings is 1. The summed E-state index contributed by atoms with van der Waals surface area (Å²) in [7, 11) is 0. The third-order valence-corrected chi connectivity index (χ3v) is 2.99. The van der Waals surface area contributed by atoms with Crippen LogP contribution in [0.1, 0.15) is 16.8 Å². The zero-order chi connectivity index (χ0) is 16.9. The molecule has 0 bridgehead atoms. The number of nitrogens with one attached hydrogen (secondary N) is 1. The van der Waals surface area contributed by atoms with E-state index in [2.05, 4.69) is 10.3 Å². The second-order valence-electron chi connectivity index (χ2n) is 4.58. The van der Waals surface area contributed by atoms with Crippen LogP contribution in [0.3, 0.4) is 0 Å². The van der Waals surface area contributed by atoms with Crippen LogP contribution in [-0.4, -0.2) is 11.1 Å². The van der Waals surface area contributed by atoms with Crippen molar-refractivity contribution in [2.24, 2.45) is 0 Å². The second-order valence-corrected chi connectivity index (χ2v) is 4.97. The summed E-state index contributed by atoms with van der Waals surface area (Å²) < 4.78 is 42.9. The predicted molar refractivity (Wildman–Crippen MR) is 77.7 cm³/mol. The van der Waals surface area contributed by atoms with Crippen LogP contribution in [0.25, 0.3) is 0 Å². The molecule has 4 nitrogen and oxygen atoms in total. The number of rotatable bonds is 4. The Morgan fingerprint density at radius 3 is 2.57 bits per heavy atom. The summed E-state index contributed by atoms with van der Waals surface area (Å²) in [6, 6.07) is 10.5. The average Bonchev–Trinajstić information content (AvgIpc) is 2.50. The van der Waals surface area contributed by atoms with E-state index in [0.717, 1.165) is 17.7 Å². The van der Waals surface area contributed by atoms with Gasteiger partial charge in [0.1, 0.15) is 11.8 Å². The molecule has 0 saturated heterocycles. The molecule has 1 amide bonds. The lowest BCUT2D eigenvalue weighted by Gasteiger charge is -2.10. The largest absolute Gasteiger partial charge is 0.445 e. The van der Waals surface area contributed by atoms with Crippen LogP contribution in [0.5, 0.6) is 0 Å². The number of alkyl halides is 3. The molecular weight excluding hydrogens is 333 g/mol. The van der Waals surface area contributed by atoms with Gasteiger partial charge in [-0.25, -0.2) is 9.78 Å². The van der Waals surface area contributed by atoms with Crippen molar-refractivity contribution in [3.63, 3.8) is 0 Å². The Labute approximate surface area is 135 Å². The lowest BCUT2D eigenvalue weighted by atomic mass is 10.2. The fourth-order valence-corrected chi connectivity index (χ4v) is 1.97. The van der Waals surface area contributed by atoms with Gasteiger partial charge in [0, 0.05) is 0 Å². The molecular formula is C15H12ClF3N2O2. The Hall–Kier alpha value is -2.28. The Morgan fingerprint density at radius 1 is 1.22 bits per heavy atom. The van der Waals surface area contributed by atoms with Gasteiger partial charge in [0.2, 0.25) is 0 Å². The molecule has 0 radical (unpaired) electrons. The molecule has 0 atom stereocenters. The summed E-state index contributed by atoms with van der Waals surface area (Å²) in [6.45, 7) is -0.166. The van der Waals surface area contributed by atoms with E-state index in [1.807, 2.05) is 6.07 Å². The standard InChI is InChI=1S/C15H12ClF3N2O2/c16-13-7-11(15(17,18)19)6-12(21-13)8-20-14(22)23-9-10-4-2-1-3-5-10/h1-7H,8-9H2,(H,20,22). The summed E-state index contributed by atoms with van der Waals surface area (Å²) in [6.07, 6.45) is -5.29. The van der Waals surface area contributed by atoms with Crippen LogP contribution >= 0.6 is 11.6 Å². The number of carbonyl (C=O) groups is 1. The normalized spacial score (nSPS) is 11.1. The van der Waals surface area contributed by atoms with E-state index in [4.69, 9.17) is 16.3 Å². The van der Waals surface area contributed by atoms with Crippen molar-refractivity contribution >= 4 is 17.7 Å². The maximum Gasteiger partial charge on any atom is 0.416 e. The van der Waals surface area contributed by atoms with Gasteiger partial charge in [-0.05, 0) is 17.7 Å². The highest BCUT2D eigenvalue weighted by Gasteiger charge is 2.31. The number of hydrogen-bond acceptors (Lipinski definition) is 3. The molecule has 0 aliphatic carbocycles. The highest BCUT2D eigenvalue weighted by atomic mass is 35.5. The van der Waals surface area contributed by atoms with Crippen LogP contribution in [-0.2, 0) is 24.1 Å². The van der Waals surface area contributed by atoms with Crippen molar-refractivity contribution in [3.8, 4) is 0 Å². The third-order valence-electron chi connectivity index (χ3n) is 2.80. The lowest BCUT2D eigenvalue weighted by molar-refractivity contribution is -0.137. The first-order chi connectivity index (χ1) is 10.8. The SMILES string of the molecule is O=C(NCc1cc(C(F)(F)F)cc(Cl)n1)OCc1ccccc1. The van der Waals surface area contributed by atoms with Gasteiger partial charge in [0.25, 0.3) is 0 Å². The Kier molecular flexibility index (Phi) is 5.44. The molecule has 0 aliphatic heterocycles. The topological polar surface area (TPSA) is 51.2 Å². The molecule has 122 valence electrons. The molecule has 0 spiro atoms. The summed E-state index contributed by atoms with van der Waals surface area (Å²) >= 11 is 5.56. The van der Waals surface area contributed by atoms with Crippen LogP contribution < -0.4 is 5.32 Å². The van der Waals surface area contributed by atoms with Crippen LogP contribution in [0.2, 0.25) is 5.15 Å². The molecule has 0 fully saturated rings. The van der Waals surface area contributed by atoms with Crippen molar-refractivity contribution < 1.29 is 22.7 Å². The summed E-state index contributed by atoms with van der Waals surface area (Å²) in [5, 5.41) is 2.03. The van der Waals surface area contributed by atoms with Gasteiger partial charge in [-0.15, -0.1) is 0 Å². The molecule has 1 aromatic heterocycles. The quantitative estimate of drug-likeness (QED) is 0.846. The van der Waals surface area contributed by atoms with E-state index < -0.39 is 17.8 Å². The van der Waals surface area contributed by atoms with Gasteiger partial charge in [-0.2, -0.15) is 13.2 Å². The molecule has 0 unspecified atom stereocenters. The minimum absolute atomic E-state index is 0.0125. The van der Waals surface area contributed by atoms with Crippen molar-refractivity contribution in [1.29, 1.82) is 0 Å². The van der Waals surface area contributed by atoms with Crippen molar-refractivity contribution in [2.45, 2.75) is 19.3 Å². The fraction of sp³-hybridized carbons (Fsp3) is 0.200. The molecule has 1 N–H and O–H groups in total. The highest BCUT2D eigenvalue weighted by molar-refractivity contribution is 6.29. The molecule has 0 aliphatic rings. The van der Waals surface area contributed by atoms with E-state index >= 15 is 0 Å². The smallest absolute Gasteiger partial charge is 0.416 e. The number of halogens is 4. The van der Waals surface area contributed by atoms with E-state index in [-0.39, 0.29) is 24.0 Å². The van der Waals surface area contributed by atoms with Gasteiger partial charge >= 0.3 is 12.3 Å². The second kappa shape index (κ2) is 7.32. The fourth-order valence-electron chi connectivity index (χ4n) is 1.74. The Morgan fingerprint density at radius 2 is 1.91 bits per heavy atom. The molecule has 1 aromatic carbocycles. The first-order valence-electron chi connectivity index (χ1n) is 6.53. The highest BCUT2D eigenvalue weighted by Crippen LogP contribution is 2.30. The number of alkyl carbamates (subject to hydrolysis) is 1. The minimum atomic E-state index is -4.53. The molecule has 0 saturated carbocycles. The average molecular weight is 345 g/mol. The number of amides is 1. The first kappa shape index (κ1) is 17.1. The van der Waals surface area contributed by atoms with Crippen molar-refractivity contribution in [1.82, 2.24) is 10.3 Å². The molecule has 2 aromatic rings. The zero-order valence-corrected chi connectivity index (χ0v) is 12.5. The van der Waals surface area contributed by atoms with Crippen molar-refractivity contribution in [2.75, 3.05) is 0 Å². The van der Waals surface area contributed by atoms with E-state index in [9.17, 15) is 18.0 Å². The summed E-state index contributed by atoms with van der Waals surface area (Å²) in [5.74, 6) is 0. The number of hydrogen-bond donors (Lipinski definition) is 1. The number of aromatic nitrogens is 1. The number of nitrogens with zero attached hydrogens (tertiary/aromatic N) is 1.